The van der Waals surface area contributed by atoms with E-state index < -0.39 is 0 Å². The van der Waals surface area contributed by atoms with Crippen LogP contribution < -0.4 is 5.56 Å². The first-order valence-corrected chi connectivity index (χ1v) is 11.2. The monoisotopic (exact) mass is 435 g/mol. The Hall–Kier alpha value is -1.83. The predicted octanol–water partition coefficient (Wildman–Crippen LogP) is 4.68. The molecule has 1 amide bonds. The van der Waals surface area contributed by atoms with Gasteiger partial charge in [-0.25, -0.2) is 4.98 Å². The van der Waals surface area contributed by atoms with E-state index >= 15 is 0 Å². The van der Waals surface area contributed by atoms with Crippen LogP contribution in [-0.4, -0.2) is 39.2 Å². The van der Waals surface area contributed by atoms with Gasteiger partial charge in [-0.1, -0.05) is 23.4 Å². The standard InChI is InChI=1S/C20H22ClN3O2S2/c1-5-23(6-2)16(25)11-27-20-22-18-17(12(3)13(4)28-18)19(26)24(20)15-9-7-14(21)8-10-15/h7-10H,5-6,11H2,1-4H3. The van der Waals surface area contributed by atoms with Crippen molar-refractivity contribution in [1.29, 1.82) is 0 Å². The Labute approximate surface area is 177 Å². The highest BCUT2D eigenvalue weighted by Gasteiger charge is 2.19. The van der Waals surface area contributed by atoms with Gasteiger partial charge < -0.3 is 4.90 Å². The van der Waals surface area contributed by atoms with Crippen LogP contribution in [0.4, 0.5) is 0 Å². The van der Waals surface area contributed by atoms with E-state index in [1.54, 1.807) is 33.7 Å². The summed E-state index contributed by atoms with van der Waals surface area (Å²) in [6, 6.07) is 7.08. The van der Waals surface area contributed by atoms with Gasteiger partial charge in [0.25, 0.3) is 5.56 Å². The molecule has 0 saturated heterocycles. The summed E-state index contributed by atoms with van der Waals surface area (Å²) >= 11 is 8.82. The number of benzene rings is 1. The lowest BCUT2D eigenvalue weighted by molar-refractivity contribution is -0.127. The lowest BCUT2D eigenvalue weighted by Gasteiger charge is -2.18. The second-order valence-corrected chi connectivity index (χ2v) is 8.91. The largest absolute Gasteiger partial charge is 0.343 e. The number of rotatable bonds is 6. The molecule has 5 nitrogen and oxygen atoms in total. The van der Waals surface area contributed by atoms with Crippen LogP contribution in [0.3, 0.4) is 0 Å². The topological polar surface area (TPSA) is 55.2 Å². The Morgan fingerprint density at radius 2 is 1.86 bits per heavy atom. The molecule has 0 aliphatic rings. The first-order chi connectivity index (χ1) is 13.4. The van der Waals surface area contributed by atoms with E-state index in [1.807, 2.05) is 27.7 Å². The quantitative estimate of drug-likeness (QED) is 0.416. The third kappa shape index (κ3) is 3.97. The van der Waals surface area contributed by atoms with Gasteiger partial charge in [0.05, 0.1) is 16.8 Å². The van der Waals surface area contributed by atoms with Crippen LogP contribution in [0.25, 0.3) is 15.9 Å². The number of amides is 1. The van der Waals surface area contributed by atoms with Crippen molar-refractivity contribution in [3.63, 3.8) is 0 Å². The molecule has 0 spiro atoms. The maximum Gasteiger partial charge on any atom is 0.267 e. The summed E-state index contributed by atoms with van der Waals surface area (Å²) in [4.78, 5) is 34.1. The summed E-state index contributed by atoms with van der Waals surface area (Å²) in [5, 5.41) is 1.75. The van der Waals surface area contributed by atoms with Crippen LogP contribution >= 0.6 is 34.7 Å². The average molecular weight is 436 g/mol. The summed E-state index contributed by atoms with van der Waals surface area (Å²) in [6.45, 7) is 9.17. The Morgan fingerprint density at radius 3 is 2.46 bits per heavy atom. The molecule has 148 valence electrons. The van der Waals surface area contributed by atoms with E-state index in [2.05, 4.69) is 0 Å². The number of hydrogen-bond acceptors (Lipinski definition) is 5. The molecule has 0 unspecified atom stereocenters. The molecule has 0 bridgehead atoms. The molecule has 0 aliphatic heterocycles. The van der Waals surface area contributed by atoms with Crippen molar-refractivity contribution in [2.24, 2.45) is 0 Å². The number of hydrogen-bond donors (Lipinski definition) is 0. The molecule has 2 heterocycles. The highest BCUT2D eigenvalue weighted by molar-refractivity contribution is 7.99. The number of halogens is 1. The van der Waals surface area contributed by atoms with Gasteiger partial charge >= 0.3 is 0 Å². The Morgan fingerprint density at radius 1 is 1.21 bits per heavy atom. The van der Waals surface area contributed by atoms with Crippen LogP contribution in [0, 0.1) is 13.8 Å². The molecule has 3 aromatic rings. The van der Waals surface area contributed by atoms with Crippen LogP contribution in [0.15, 0.2) is 34.2 Å². The van der Waals surface area contributed by atoms with Gasteiger partial charge in [0.15, 0.2) is 5.16 Å². The second-order valence-electron chi connectivity index (χ2n) is 6.33. The number of carbonyl (C=O) groups excluding carboxylic acids is 1. The van der Waals surface area contributed by atoms with Crippen molar-refractivity contribution in [2.75, 3.05) is 18.8 Å². The number of aryl methyl sites for hydroxylation is 2. The molecule has 0 saturated carbocycles. The summed E-state index contributed by atoms with van der Waals surface area (Å²) < 4.78 is 1.58. The van der Waals surface area contributed by atoms with Gasteiger partial charge in [-0.2, -0.15) is 0 Å². The van der Waals surface area contributed by atoms with E-state index in [0.29, 0.717) is 39.2 Å². The fourth-order valence-electron chi connectivity index (χ4n) is 2.98. The minimum absolute atomic E-state index is 0.0329. The highest BCUT2D eigenvalue weighted by Crippen LogP contribution is 2.29. The van der Waals surface area contributed by atoms with Crippen molar-refractivity contribution in [3.05, 3.63) is 50.1 Å². The molecule has 0 radical (unpaired) electrons. The lowest BCUT2D eigenvalue weighted by Crippen LogP contribution is -2.32. The van der Waals surface area contributed by atoms with Gasteiger partial charge in [0.1, 0.15) is 4.83 Å². The summed E-state index contributed by atoms with van der Waals surface area (Å²) in [5.41, 5.74) is 1.52. The van der Waals surface area contributed by atoms with E-state index in [0.717, 1.165) is 10.4 Å². The van der Waals surface area contributed by atoms with E-state index in [9.17, 15) is 9.59 Å². The normalized spacial score (nSPS) is 11.2. The first kappa shape index (κ1) is 20.9. The number of nitrogens with zero attached hydrogens (tertiary/aromatic N) is 3. The van der Waals surface area contributed by atoms with Gasteiger partial charge in [-0.15, -0.1) is 11.3 Å². The predicted molar refractivity (Wildman–Crippen MR) is 118 cm³/mol. The van der Waals surface area contributed by atoms with Gasteiger partial charge in [-0.05, 0) is 57.5 Å². The lowest BCUT2D eigenvalue weighted by atomic mass is 10.2. The van der Waals surface area contributed by atoms with E-state index in [4.69, 9.17) is 16.6 Å². The molecule has 0 fully saturated rings. The molecular formula is C20H22ClN3O2S2. The zero-order chi connectivity index (χ0) is 20.4. The molecule has 3 rings (SSSR count). The molecule has 8 heteroatoms. The summed E-state index contributed by atoms with van der Waals surface area (Å²) in [5.74, 6) is 0.266. The number of thiophene rings is 1. The smallest absolute Gasteiger partial charge is 0.267 e. The minimum atomic E-state index is -0.119. The zero-order valence-corrected chi connectivity index (χ0v) is 18.7. The van der Waals surface area contributed by atoms with E-state index in [-0.39, 0.29) is 17.2 Å². The fraction of sp³-hybridized carbons (Fsp3) is 0.350. The summed E-state index contributed by atoms with van der Waals surface area (Å²) in [6.07, 6.45) is 0. The molecule has 0 atom stereocenters. The van der Waals surface area contributed by atoms with Crippen molar-refractivity contribution in [3.8, 4) is 5.69 Å². The van der Waals surface area contributed by atoms with Crippen molar-refractivity contribution in [2.45, 2.75) is 32.9 Å². The van der Waals surface area contributed by atoms with Crippen LogP contribution in [0.5, 0.6) is 0 Å². The second kappa shape index (κ2) is 8.68. The zero-order valence-electron chi connectivity index (χ0n) is 16.3. The molecule has 2 aromatic heterocycles. The van der Waals surface area contributed by atoms with Gasteiger partial charge in [0.2, 0.25) is 5.91 Å². The van der Waals surface area contributed by atoms with Crippen LogP contribution in [0.2, 0.25) is 5.02 Å². The van der Waals surface area contributed by atoms with Crippen molar-refractivity contribution < 1.29 is 4.79 Å². The number of thioether (sulfide) groups is 1. The molecular weight excluding hydrogens is 414 g/mol. The Balaban J connectivity index is 2.12. The maximum atomic E-state index is 13.3. The number of carbonyl (C=O) groups is 1. The van der Waals surface area contributed by atoms with Crippen LogP contribution in [0.1, 0.15) is 24.3 Å². The van der Waals surface area contributed by atoms with E-state index in [1.165, 1.54) is 23.1 Å². The van der Waals surface area contributed by atoms with Gasteiger partial charge in [-0.3, -0.25) is 14.2 Å². The van der Waals surface area contributed by atoms with Crippen LogP contribution in [-0.2, 0) is 4.79 Å². The summed E-state index contributed by atoms with van der Waals surface area (Å²) in [7, 11) is 0. The Kier molecular flexibility index (Phi) is 6.47. The Bertz CT molecular complexity index is 1070. The minimum Gasteiger partial charge on any atom is -0.343 e. The molecule has 0 N–H and O–H groups in total. The van der Waals surface area contributed by atoms with Gasteiger partial charge in [0, 0.05) is 23.0 Å². The molecule has 28 heavy (non-hydrogen) atoms. The molecule has 1 aromatic carbocycles. The first-order valence-electron chi connectivity index (χ1n) is 9.06. The fourth-order valence-corrected chi connectivity index (χ4v) is 5.10. The number of fused-ring (bicyclic) bond motifs is 1. The molecule has 0 aliphatic carbocycles. The van der Waals surface area contributed by atoms with Crippen molar-refractivity contribution in [1.82, 2.24) is 14.5 Å². The highest BCUT2D eigenvalue weighted by atomic mass is 35.5. The van der Waals surface area contributed by atoms with Crippen molar-refractivity contribution >= 4 is 50.8 Å². The third-order valence-corrected chi connectivity index (χ3v) is 6.97. The maximum absolute atomic E-state index is 13.3. The average Bonchev–Trinajstić information content (AvgIpc) is 2.96. The number of aromatic nitrogens is 2. The SMILES string of the molecule is CCN(CC)C(=O)CSc1nc2sc(C)c(C)c2c(=O)n1-c1ccc(Cl)cc1. The third-order valence-electron chi connectivity index (χ3n) is 4.70.